The van der Waals surface area contributed by atoms with Crippen molar-refractivity contribution >= 4 is 11.9 Å². The molecule has 0 saturated carbocycles. The number of rotatable bonds is 5. The van der Waals surface area contributed by atoms with Gasteiger partial charge in [-0.1, -0.05) is 20.8 Å². The van der Waals surface area contributed by atoms with Crippen molar-refractivity contribution < 1.29 is 28.2 Å². The molecule has 31 heavy (non-hydrogen) atoms. The lowest BCUT2D eigenvalue weighted by Gasteiger charge is -2.30. The van der Waals surface area contributed by atoms with E-state index in [4.69, 9.17) is 9.84 Å². The molecule has 2 amide bonds. The number of hydrogen-bond donors (Lipinski definition) is 3. The second-order valence-electron chi connectivity index (χ2n) is 8.38. The van der Waals surface area contributed by atoms with Gasteiger partial charge >= 0.3 is 6.03 Å². The monoisotopic (exact) mass is 436 g/mol. The number of aliphatic hydroxyl groups excluding tert-OH is 1. The number of nitrogens with zero attached hydrogens (tertiary/aromatic N) is 2. The van der Waals surface area contributed by atoms with Gasteiger partial charge in [-0.15, -0.1) is 0 Å². The summed E-state index contributed by atoms with van der Waals surface area (Å²) < 4.78 is 33.7. The first-order valence-electron chi connectivity index (χ1n) is 9.97. The maximum atomic E-state index is 13.8. The standard InChI is InChI=1S/C21H26F2N4O4/c1-21(2,3)18(19(29)24-7-8-28)25-20(30)27-16-11-31-9-6-13(16)17(26-27)12-4-5-14(22)15(23)10-12/h4-5,10,18,28H,6-9,11H2,1-3H3,(H,24,29)(H,25,30). The third kappa shape index (κ3) is 4.91. The SMILES string of the molecule is CC(C)(C)C(NC(=O)n1nc(-c2ccc(F)c(F)c2)c2c1COCC2)C(=O)NCCO. The molecule has 1 aromatic carbocycles. The van der Waals surface area contributed by atoms with Gasteiger partial charge in [0.1, 0.15) is 6.04 Å². The number of carbonyl (C=O) groups excluding carboxylic acids is 2. The summed E-state index contributed by atoms with van der Waals surface area (Å²) in [5.41, 5.74) is 1.29. The Morgan fingerprint density at radius 1 is 1.29 bits per heavy atom. The van der Waals surface area contributed by atoms with Crippen molar-refractivity contribution in [3.05, 3.63) is 41.1 Å². The van der Waals surface area contributed by atoms with Gasteiger partial charge < -0.3 is 20.5 Å². The van der Waals surface area contributed by atoms with E-state index in [-0.39, 0.29) is 19.8 Å². The molecule has 10 heteroatoms. The highest BCUT2D eigenvalue weighted by Gasteiger charge is 2.34. The maximum Gasteiger partial charge on any atom is 0.343 e. The second-order valence-corrected chi connectivity index (χ2v) is 8.38. The number of amides is 2. The Bertz CT molecular complexity index is 984. The summed E-state index contributed by atoms with van der Waals surface area (Å²) in [4.78, 5) is 25.6. The normalized spacial score (nSPS) is 14.6. The Morgan fingerprint density at radius 2 is 2.03 bits per heavy atom. The van der Waals surface area contributed by atoms with Gasteiger partial charge in [0.25, 0.3) is 0 Å². The highest BCUT2D eigenvalue weighted by molar-refractivity contribution is 5.89. The van der Waals surface area contributed by atoms with Crippen molar-refractivity contribution in [2.24, 2.45) is 5.41 Å². The van der Waals surface area contributed by atoms with Crippen LogP contribution in [0.4, 0.5) is 13.6 Å². The summed E-state index contributed by atoms with van der Waals surface area (Å²) in [6.45, 7) is 5.76. The van der Waals surface area contributed by atoms with E-state index < -0.39 is 35.0 Å². The fourth-order valence-corrected chi connectivity index (χ4v) is 3.42. The third-order valence-corrected chi connectivity index (χ3v) is 5.02. The maximum absolute atomic E-state index is 13.8. The zero-order chi connectivity index (χ0) is 22.8. The lowest BCUT2D eigenvalue weighted by atomic mass is 9.86. The number of fused-ring (bicyclic) bond motifs is 1. The van der Waals surface area contributed by atoms with Crippen molar-refractivity contribution in [2.75, 3.05) is 19.8 Å². The van der Waals surface area contributed by atoms with Crippen LogP contribution in [-0.4, -0.2) is 52.6 Å². The number of carbonyl (C=O) groups is 2. The fraction of sp³-hybridized carbons (Fsp3) is 0.476. The molecular formula is C21H26F2N4O4. The first-order valence-corrected chi connectivity index (χ1v) is 9.97. The molecule has 0 bridgehead atoms. The number of halogens is 2. The smallest absolute Gasteiger partial charge is 0.343 e. The second kappa shape index (κ2) is 9.11. The number of ether oxygens (including phenoxy) is 1. The number of hydrogen-bond acceptors (Lipinski definition) is 5. The van der Waals surface area contributed by atoms with Crippen molar-refractivity contribution in [3.63, 3.8) is 0 Å². The molecule has 1 unspecified atom stereocenters. The molecule has 0 fully saturated rings. The van der Waals surface area contributed by atoms with Crippen molar-refractivity contribution in [2.45, 2.75) is 39.8 Å². The minimum Gasteiger partial charge on any atom is -0.395 e. The molecule has 2 heterocycles. The Morgan fingerprint density at radius 3 is 2.68 bits per heavy atom. The van der Waals surface area contributed by atoms with Crippen LogP contribution in [-0.2, 0) is 22.6 Å². The average molecular weight is 436 g/mol. The number of aromatic nitrogens is 2. The highest BCUT2D eigenvalue weighted by atomic mass is 19.2. The molecule has 1 aromatic heterocycles. The van der Waals surface area contributed by atoms with E-state index in [0.29, 0.717) is 35.5 Å². The molecule has 3 N–H and O–H groups in total. The molecule has 2 aromatic rings. The molecule has 8 nitrogen and oxygen atoms in total. The molecule has 0 saturated heterocycles. The summed E-state index contributed by atoms with van der Waals surface area (Å²) in [5.74, 6) is -2.42. The van der Waals surface area contributed by atoms with Gasteiger partial charge in [0, 0.05) is 17.7 Å². The zero-order valence-corrected chi connectivity index (χ0v) is 17.7. The molecule has 168 valence electrons. The molecule has 0 radical (unpaired) electrons. The average Bonchev–Trinajstić information content (AvgIpc) is 3.11. The quantitative estimate of drug-likeness (QED) is 0.665. The van der Waals surface area contributed by atoms with Gasteiger partial charge in [-0.2, -0.15) is 9.78 Å². The molecule has 0 aliphatic carbocycles. The van der Waals surface area contributed by atoms with E-state index in [0.717, 1.165) is 16.8 Å². The van der Waals surface area contributed by atoms with E-state index in [1.165, 1.54) is 6.07 Å². The number of nitrogens with one attached hydrogen (secondary N) is 2. The Hall–Kier alpha value is -2.85. The van der Waals surface area contributed by atoms with Crippen LogP contribution < -0.4 is 10.6 Å². The van der Waals surface area contributed by atoms with Gasteiger partial charge in [-0.05, 0) is 30.0 Å². The Kier molecular flexibility index (Phi) is 6.71. The summed E-state index contributed by atoms with van der Waals surface area (Å²) in [6, 6.07) is 1.91. The topological polar surface area (TPSA) is 105 Å². The number of aliphatic hydroxyl groups is 1. The van der Waals surface area contributed by atoms with E-state index in [1.807, 2.05) is 0 Å². The van der Waals surface area contributed by atoms with E-state index >= 15 is 0 Å². The predicted octanol–water partition coefficient (Wildman–Crippen LogP) is 1.98. The van der Waals surface area contributed by atoms with Crippen LogP contribution in [0.3, 0.4) is 0 Å². The molecule has 1 aliphatic rings. The van der Waals surface area contributed by atoms with Crippen LogP contribution in [0.25, 0.3) is 11.3 Å². The van der Waals surface area contributed by atoms with Crippen molar-refractivity contribution in [1.82, 2.24) is 20.4 Å². The molecule has 1 aliphatic heterocycles. The summed E-state index contributed by atoms with van der Waals surface area (Å²) >= 11 is 0. The first kappa shape index (κ1) is 22.8. The van der Waals surface area contributed by atoms with E-state index in [1.54, 1.807) is 20.8 Å². The minimum atomic E-state index is -1.01. The van der Waals surface area contributed by atoms with Crippen molar-refractivity contribution in [3.8, 4) is 11.3 Å². The molecule has 3 rings (SSSR count). The Labute approximate surface area is 178 Å². The fourth-order valence-electron chi connectivity index (χ4n) is 3.42. The number of benzene rings is 1. The van der Waals surface area contributed by atoms with Crippen molar-refractivity contribution in [1.29, 1.82) is 0 Å². The van der Waals surface area contributed by atoms with Crippen LogP contribution >= 0.6 is 0 Å². The largest absolute Gasteiger partial charge is 0.395 e. The highest BCUT2D eigenvalue weighted by Crippen LogP contribution is 2.30. The minimum absolute atomic E-state index is 0.0621. The van der Waals surface area contributed by atoms with Gasteiger partial charge in [-0.25, -0.2) is 13.6 Å². The van der Waals surface area contributed by atoms with Crippen LogP contribution in [0.1, 0.15) is 32.0 Å². The van der Waals surface area contributed by atoms with Gasteiger partial charge in [0.15, 0.2) is 11.6 Å². The van der Waals surface area contributed by atoms with Crippen LogP contribution in [0.15, 0.2) is 18.2 Å². The zero-order valence-electron chi connectivity index (χ0n) is 17.7. The van der Waals surface area contributed by atoms with Crippen LogP contribution in [0.2, 0.25) is 0 Å². The summed E-state index contributed by atoms with van der Waals surface area (Å²) in [7, 11) is 0. The van der Waals surface area contributed by atoms with Gasteiger partial charge in [0.2, 0.25) is 5.91 Å². The molecule has 0 spiro atoms. The molecule has 1 atom stereocenters. The summed E-state index contributed by atoms with van der Waals surface area (Å²) in [6.07, 6.45) is 0.455. The van der Waals surface area contributed by atoms with Gasteiger partial charge in [0.05, 0.1) is 31.2 Å². The van der Waals surface area contributed by atoms with E-state index in [2.05, 4.69) is 15.7 Å². The predicted molar refractivity (Wildman–Crippen MR) is 108 cm³/mol. The lowest BCUT2D eigenvalue weighted by Crippen LogP contribution is -2.55. The first-order chi connectivity index (χ1) is 14.6. The van der Waals surface area contributed by atoms with Gasteiger partial charge in [-0.3, -0.25) is 4.79 Å². The lowest BCUT2D eigenvalue weighted by molar-refractivity contribution is -0.125. The Balaban J connectivity index is 1.96. The summed E-state index contributed by atoms with van der Waals surface area (Å²) in [5, 5.41) is 18.6. The molecular weight excluding hydrogens is 410 g/mol. The third-order valence-electron chi connectivity index (χ3n) is 5.02. The van der Waals surface area contributed by atoms with E-state index in [9.17, 15) is 18.4 Å². The van der Waals surface area contributed by atoms with Crippen LogP contribution in [0, 0.1) is 17.0 Å². The van der Waals surface area contributed by atoms with Crippen LogP contribution in [0.5, 0.6) is 0 Å².